The molecule has 0 spiro atoms. The summed E-state index contributed by atoms with van der Waals surface area (Å²) in [5.41, 5.74) is 0.0560. The first-order valence-electron chi connectivity index (χ1n) is 3.85. The van der Waals surface area contributed by atoms with Crippen LogP contribution in [0.25, 0.3) is 0 Å². The molecule has 0 aromatic heterocycles. The standard InChI is InChI=1S/C9H14O2/c1-9(2,3)8-6-7(10)4-5-11-8/h4-5,8H,6H2,1-3H3. The molecule has 1 unspecified atom stereocenters. The molecule has 0 fully saturated rings. The van der Waals surface area contributed by atoms with E-state index in [1.165, 1.54) is 12.3 Å². The Morgan fingerprint density at radius 1 is 1.55 bits per heavy atom. The Morgan fingerprint density at radius 2 is 2.18 bits per heavy atom. The van der Waals surface area contributed by atoms with Crippen molar-refractivity contribution in [2.45, 2.75) is 33.3 Å². The number of hydrogen-bond acceptors (Lipinski definition) is 2. The summed E-state index contributed by atoms with van der Waals surface area (Å²) in [6.07, 6.45) is 3.55. The predicted molar refractivity (Wildman–Crippen MR) is 43.1 cm³/mol. The third-order valence-electron chi connectivity index (χ3n) is 1.85. The molecule has 1 heterocycles. The average molecular weight is 154 g/mol. The summed E-state index contributed by atoms with van der Waals surface area (Å²) in [4.78, 5) is 11.0. The van der Waals surface area contributed by atoms with E-state index in [4.69, 9.17) is 4.74 Å². The second-order valence-electron chi connectivity index (χ2n) is 3.96. The Balaban J connectivity index is 2.64. The summed E-state index contributed by atoms with van der Waals surface area (Å²) < 4.78 is 5.31. The van der Waals surface area contributed by atoms with Gasteiger partial charge in [0.1, 0.15) is 6.10 Å². The maximum Gasteiger partial charge on any atom is 0.162 e. The van der Waals surface area contributed by atoms with E-state index >= 15 is 0 Å². The van der Waals surface area contributed by atoms with Crippen LogP contribution in [0.15, 0.2) is 12.3 Å². The van der Waals surface area contributed by atoms with E-state index in [1.54, 1.807) is 0 Å². The fourth-order valence-electron chi connectivity index (χ4n) is 1.02. The third-order valence-corrected chi connectivity index (χ3v) is 1.85. The topological polar surface area (TPSA) is 26.3 Å². The Bertz CT molecular complexity index is 186. The van der Waals surface area contributed by atoms with Crippen LogP contribution in [0.1, 0.15) is 27.2 Å². The smallest absolute Gasteiger partial charge is 0.162 e. The lowest BCUT2D eigenvalue weighted by Crippen LogP contribution is -2.31. The maximum atomic E-state index is 11.0. The first kappa shape index (κ1) is 8.31. The van der Waals surface area contributed by atoms with E-state index in [1.807, 2.05) is 0 Å². The second kappa shape index (κ2) is 2.68. The van der Waals surface area contributed by atoms with Gasteiger partial charge in [0.2, 0.25) is 0 Å². The molecule has 62 valence electrons. The van der Waals surface area contributed by atoms with Crippen LogP contribution >= 0.6 is 0 Å². The summed E-state index contributed by atoms with van der Waals surface area (Å²) in [5.74, 6) is 0.163. The lowest BCUT2D eigenvalue weighted by Gasteiger charge is -2.30. The van der Waals surface area contributed by atoms with E-state index in [2.05, 4.69) is 20.8 Å². The van der Waals surface area contributed by atoms with Crippen LogP contribution in [-0.2, 0) is 9.53 Å². The van der Waals surface area contributed by atoms with Crippen molar-refractivity contribution in [3.05, 3.63) is 12.3 Å². The molecule has 0 radical (unpaired) electrons. The van der Waals surface area contributed by atoms with E-state index in [0.717, 1.165) is 0 Å². The Hall–Kier alpha value is -0.790. The van der Waals surface area contributed by atoms with Gasteiger partial charge in [-0.25, -0.2) is 0 Å². The number of rotatable bonds is 0. The van der Waals surface area contributed by atoms with E-state index in [0.29, 0.717) is 6.42 Å². The van der Waals surface area contributed by atoms with Crippen molar-refractivity contribution in [3.8, 4) is 0 Å². The lowest BCUT2D eigenvalue weighted by molar-refractivity contribution is -0.120. The molecular weight excluding hydrogens is 140 g/mol. The lowest BCUT2D eigenvalue weighted by atomic mass is 9.85. The van der Waals surface area contributed by atoms with Crippen LogP contribution in [0.5, 0.6) is 0 Å². The fourth-order valence-corrected chi connectivity index (χ4v) is 1.02. The van der Waals surface area contributed by atoms with E-state index < -0.39 is 0 Å². The predicted octanol–water partition coefficient (Wildman–Crippen LogP) is 1.90. The molecule has 1 aliphatic heterocycles. The molecular formula is C9H14O2. The van der Waals surface area contributed by atoms with Crippen LogP contribution in [-0.4, -0.2) is 11.9 Å². The summed E-state index contributed by atoms with van der Waals surface area (Å²) in [6.45, 7) is 6.22. The molecule has 11 heavy (non-hydrogen) atoms. The van der Waals surface area contributed by atoms with Crippen molar-refractivity contribution in [2.75, 3.05) is 0 Å². The highest BCUT2D eigenvalue weighted by atomic mass is 16.5. The maximum absolute atomic E-state index is 11.0. The van der Waals surface area contributed by atoms with Crippen molar-refractivity contribution in [3.63, 3.8) is 0 Å². The van der Waals surface area contributed by atoms with Crippen molar-refractivity contribution in [1.82, 2.24) is 0 Å². The van der Waals surface area contributed by atoms with Crippen molar-refractivity contribution in [2.24, 2.45) is 5.41 Å². The normalized spacial score (nSPS) is 25.0. The minimum Gasteiger partial charge on any atom is -0.497 e. The summed E-state index contributed by atoms with van der Waals surface area (Å²) in [5, 5.41) is 0. The zero-order valence-corrected chi connectivity index (χ0v) is 7.26. The summed E-state index contributed by atoms with van der Waals surface area (Å²) >= 11 is 0. The number of ether oxygens (including phenoxy) is 1. The van der Waals surface area contributed by atoms with Gasteiger partial charge in [-0.15, -0.1) is 0 Å². The van der Waals surface area contributed by atoms with Gasteiger partial charge in [-0.2, -0.15) is 0 Å². The molecule has 0 saturated heterocycles. The summed E-state index contributed by atoms with van der Waals surface area (Å²) in [7, 11) is 0. The number of allylic oxidation sites excluding steroid dienone is 1. The van der Waals surface area contributed by atoms with Crippen LogP contribution < -0.4 is 0 Å². The van der Waals surface area contributed by atoms with Gasteiger partial charge >= 0.3 is 0 Å². The molecule has 0 aromatic carbocycles. The molecule has 0 aliphatic carbocycles. The molecule has 1 aliphatic rings. The molecule has 0 bridgehead atoms. The van der Waals surface area contributed by atoms with Gasteiger partial charge in [-0.05, 0) is 5.41 Å². The Labute approximate surface area is 67.2 Å². The molecule has 1 rings (SSSR count). The fraction of sp³-hybridized carbons (Fsp3) is 0.667. The molecule has 0 aromatic rings. The highest BCUT2D eigenvalue weighted by Gasteiger charge is 2.28. The highest BCUT2D eigenvalue weighted by molar-refractivity contribution is 5.90. The molecule has 2 nitrogen and oxygen atoms in total. The molecule has 2 heteroatoms. The minimum atomic E-state index is 0.0417. The molecule has 0 amide bonds. The van der Waals surface area contributed by atoms with Crippen LogP contribution in [0, 0.1) is 5.41 Å². The SMILES string of the molecule is CC(C)(C)C1CC(=O)C=CO1. The third kappa shape index (κ3) is 2.07. The van der Waals surface area contributed by atoms with Crippen LogP contribution in [0.2, 0.25) is 0 Å². The van der Waals surface area contributed by atoms with Crippen LogP contribution in [0.4, 0.5) is 0 Å². The quantitative estimate of drug-likeness (QED) is 0.532. The first-order valence-corrected chi connectivity index (χ1v) is 3.85. The Kier molecular flexibility index (Phi) is 2.03. The number of ketones is 1. The van der Waals surface area contributed by atoms with E-state index in [-0.39, 0.29) is 17.3 Å². The van der Waals surface area contributed by atoms with Crippen LogP contribution in [0.3, 0.4) is 0 Å². The Morgan fingerprint density at radius 3 is 2.55 bits per heavy atom. The van der Waals surface area contributed by atoms with Crippen molar-refractivity contribution < 1.29 is 9.53 Å². The van der Waals surface area contributed by atoms with Gasteiger partial charge in [0.25, 0.3) is 0 Å². The number of hydrogen-bond donors (Lipinski definition) is 0. The molecule has 1 atom stereocenters. The second-order valence-corrected chi connectivity index (χ2v) is 3.96. The van der Waals surface area contributed by atoms with Gasteiger partial charge < -0.3 is 4.74 Å². The molecule has 0 saturated carbocycles. The largest absolute Gasteiger partial charge is 0.497 e. The van der Waals surface area contributed by atoms with Gasteiger partial charge in [0.05, 0.1) is 6.26 Å². The van der Waals surface area contributed by atoms with Gasteiger partial charge in [-0.1, -0.05) is 20.8 Å². The summed E-state index contributed by atoms with van der Waals surface area (Å²) in [6, 6.07) is 0. The van der Waals surface area contributed by atoms with Crippen molar-refractivity contribution in [1.29, 1.82) is 0 Å². The zero-order chi connectivity index (χ0) is 8.48. The highest BCUT2D eigenvalue weighted by Crippen LogP contribution is 2.27. The van der Waals surface area contributed by atoms with Gasteiger partial charge in [0.15, 0.2) is 5.78 Å². The number of carbonyl (C=O) groups excluding carboxylic acids is 1. The van der Waals surface area contributed by atoms with Gasteiger partial charge in [0, 0.05) is 12.5 Å². The minimum absolute atomic E-state index is 0.0417. The van der Waals surface area contributed by atoms with E-state index in [9.17, 15) is 4.79 Å². The van der Waals surface area contributed by atoms with Gasteiger partial charge in [-0.3, -0.25) is 4.79 Å². The van der Waals surface area contributed by atoms with Crippen molar-refractivity contribution >= 4 is 5.78 Å². The zero-order valence-electron chi connectivity index (χ0n) is 7.26. The molecule has 0 N–H and O–H groups in total. The average Bonchev–Trinajstić information content (AvgIpc) is 1.86. The monoisotopic (exact) mass is 154 g/mol. The first-order chi connectivity index (χ1) is 5.00. The number of carbonyl (C=O) groups is 1.